The standard InChI is InChI=1S/C15H20O4/c1-4-6-11(2)10-19-15(17)13-8-5-7-12(9-13)14(16)18-3/h5,7-9,11H,4,6,10H2,1-3H3. The van der Waals surface area contributed by atoms with Crippen molar-refractivity contribution in [2.75, 3.05) is 13.7 Å². The second kappa shape index (κ2) is 7.56. The number of ether oxygens (including phenoxy) is 2. The molecular weight excluding hydrogens is 244 g/mol. The van der Waals surface area contributed by atoms with Crippen LogP contribution in [0.25, 0.3) is 0 Å². The number of benzene rings is 1. The van der Waals surface area contributed by atoms with Crippen molar-refractivity contribution in [3.8, 4) is 0 Å². The Morgan fingerprint density at radius 3 is 2.42 bits per heavy atom. The fraction of sp³-hybridized carbons (Fsp3) is 0.467. The van der Waals surface area contributed by atoms with E-state index in [-0.39, 0.29) is 0 Å². The molecule has 0 aliphatic heterocycles. The van der Waals surface area contributed by atoms with Gasteiger partial charge in [0.15, 0.2) is 0 Å². The lowest BCUT2D eigenvalue weighted by Crippen LogP contribution is -2.13. The lowest BCUT2D eigenvalue weighted by atomic mass is 10.1. The van der Waals surface area contributed by atoms with Crippen LogP contribution >= 0.6 is 0 Å². The molecule has 0 N–H and O–H groups in total. The number of methoxy groups -OCH3 is 1. The van der Waals surface area contributed by atoms with Crippen LogP contribution in [-0.2, 0) is 9.47 Å². The molecule has 0 fully saturated rings. The highest BCUT2D eigenvalue weighted by Gasteiger charge is 2.12. The van der Waals surface area contributed by atoms with E-state index < -0.39 is 11.9 Å². The van der Waals surface area contributed by atoms with Gasteiger partial charge in [-0.25, -0.2) is 9.59 Å². The van der Waals surface area contributed by atoms with Gasteiger partial charge in [0.1, 0.15) is 0 Å². The molecule has 0 aliphatic carbocycles. The van der Waals surface area contributed by atoms with Crippen LogP contribution in [0.4, 0.5) is 0 Å². The molecule has 0 heterocycles. The van der Waals surface area contributed by atoms with Crippen molar-refractivity contribution in [3.05, 3.63) is 35.4 Å². The molecular formula is C15H20O4. The fourth-order valence-corrected chi connectivity index (χ4v) is 1.77. The highest BCUT2D eigenvalue weighted by Crippen LogP contribution is 2.10. The van der Waals surface area contributed by atoms with Gasteiger partial charge in [0.05, 0.1) is 24.8 Å². The molecule has 0 aliphatic rings. The van der Waals surface area contributed by atoms with Gasteiger partial charge < -0.3 is 9.47 Å². The summed E-state index contributed by atoms with van der Waals surface area (Å²) in [6.45, 7) is 4.54. The maximum atomic E-state index is 11.8. The van der Waals surface area contributed by atoms with Crippen molar-refractivity contribution in [2.24, 2.45) is 5.92 Å². The Balaban J connectivity index is 2.64. The highest BCUT2D eigenvalue weighted by molar-refractivity contribution is 5.95. The van der Waals surface area contributed by atoms with Crippen LogP contribution in [0.1, 0.15) is 47.4 Å². The first-order chi connectivity index (χ1) is 9.08. The van der Waals surface area contributed by atoms with Crippen LogP contribution in [0.3, 0.4) is 0 Å². The Morgan fingerprint density at radius 2 is 1.84 bits per heavy atom. The third kappa shape index (κ3) is 4.73. The molecule has 1 aromatic rings. The van der Waals surface area contributed by atoms with Crippen LogP contribution in [0.2, 0.25) is 0 Å². The fourth-order valence-electron chi connectivity index (χ4n) is 1.77. The number of carbonyl (C=O) groups is 2. The van der Waals surface area contributed by atoms with Gasteiger partial charge in [-0.1, -0.05) is 26.3 Å². The van der Waals surface area contributed by atoms with Crippen molar-refractivity contribution in [2.45, 2.75) is 26.7 Å². The zero-order chi connectivity index (χ0) is 14.3. The minimum atomic E-state index is -0.464. The molecule has 1 aromatic carbocycles. The largest absolute Gasteiger partial charge is 0.465 e. The normalized spacial score (nSPS) is 11.7. The summed E-state index contributed by atoms with van der Waals surface area (Å²) in [5.41, 5.74) is 0.713. The summed E-state index contributed by atoms with van der Waals surface area (Å²) in [7, 11) is 1.31. The predicted octanol–water partition coefficient (Wildman–Crippen LogP) is 3.07. The molecule has 0 aromatic heterocycles. The van der Waals surface area contributed by atoms with Crippen LogP contribution in [0.5, 0.6) is 0 Å². The first-order valence-electron chi connectivity index (χ1n) is 6.44. The van der Waals surface area contributed by atoms with E-state index in [0.29, 0.717) is 23.7 Å². The molecule has 1 atom stereocenters. The highest BCUT2D eigenvalue weighted by atomic mass is 16.5. The van der Waals surface area contributed by atoms with Gasteiger partial charge in [0.2, 0.25) is 0 Å². The predicted molar refractivity (Wildman–Crippen MR) is 72.1 cm³/mol. The SMILES string of the molecule is CCCC(C)COC(=O)c1cccc(C(=O)OC)c1. The van der Waals surface area contributed by atoms with Crippen molar-refractivity contribution < 1.29 is 19.1 Å². The van der Waals surface area contributed by atoms with Gasteiger partial charge >= 0.3 is 11.9 Å². The van der Waals surface area contributed by atoms with Crippen molar-refractivity contribution in [1.82, 2.24) is 0 Å². The van der Waals surface area contributed by atoms with Crippen LogP contribution in [0, 0.1) is 5.92 Å². The van der Waals surface area contributed by atoms with Crippen LogP contribution in [0.15, 0.2) is 24.3 Å². The Labute approximate surface area is 113 Å². The third-order valence-corrected chi connectivity index (χ3v) is 2.80. The number of rotatable bonds is 6. The number of hydrogen-bond acceptors (Lipinski definition) is 4. The second-order valence-corrected chi connectivity index (χ2v) is 4.56. The Morgan fingerprint density at radius 1 is 1.21 bits per heavy atom. The monoisotopic (exact) mass is 264 g/mol. The molecule has 0 spiro atoms. The molecule has 0 saturated heterocycles. The Kier molecular flexibility index (Phi) is 6.06. The van der Waals surface area contributed by atoms with Crippen molar-refractivity contribution >= 4 is 11.9 Å². The van der Waals surface area contributed by atoms with Gasteiger partial charge in [-0.3, -0.25) is 0 Å². The smallest absolute Gasteiger partial charge is 0.338 e. The first-order valence-corrected chi connectivity index (χ1v) is 6.44. The van der Waals surface area contributed by atoms with E-state index in [0.717, 1.165) is 12.8 Å². The molecule has 4 nitrogen and oxygen atoms in total. The maximum absolute atomic E-state index is 11.8. The zero-order valence-electron chi connectivity index (χ0n) is 11.6. The Bertz CT molecular complexity index is 440. The van der Waals surface area contributed by atoms with E-state index in [1.165, 1.54) is 13.2 Å². The summed E-state index contributed by atoms with van der Waals surface area (Å²) >= 11 is 0. The summed E-state index contributed by atoms with van der Waals surface area (Å²) in [6.07, 6.45) is 2.09. The van der Waals surface area contributed by atoms with Gasteiger partial charge in [0.25, 0.3) is 0 Å². The number of hydrogen-bond donors (Lipinski definition) is 0. The molecule has 4 heteroatoms. The van der Waals surface area contributed by atoms with Crippen molar-refractivity contribution in [1.29, 1.82) is 0 Å². The van der Waals surface area contributed by atoms with E-state index in [1.54, 1.807) is 18.2 Å². The molecule has 104 valence electrons. The lowest BCUT2D eigenvalue weighted by molar-refractivity contribution is 0.0443. The minimum absolute atomic E-state index is 0.345. The van der Waals surface area contributed by atoms with E-state index in [4.69, 9.17) is 4.74 Å². The summed E-state index contributed by atoms with van der Waals surface area (Å²) in [5.74, 6) is -0.527. The molecule has 0 amide bonds. The minimum Gasteiger partial charge on any atom is -0.465 e. The third-order valence-electron chi connectivity index (χ3n) is 2.80. The zero-order valence-corrected chi connectivity index (χ0v) is 11.6. The van der Waals surface area contributed by atoms with E-state index >= 15 is 0 Å². The first kappa shape index (κ1) is 15.2. The van der Waals surface area contributed by atoms with E-state index in [1.807, 2.05) is 6.92 Å². The molecule has 0 radical (unpaired) electrons. The van der Waals surface area contributed by atoms with Gasteiger partial charge in [-0.2, -0.15) is 0 Å². The van der Waals surface area contributed by atoms with E-state index in [2.05, 4.69) is 11.7 Å². The topological polar surface area (TPSA) is 52.6 Å². The lowest BCUT2D eigenvalue weighted by Gasteiger charge is -2.11. The van der Waals surface area contributed by atoms with Gasteiger partial charge in [-0.05, 0) is 30.5 Å². The molecule has 19 heavy (non-hydrogen) atoms. The molecule has 1 unspecified atom stereocenters. The van der Waals surface area contributed by atoms with E-state index in [9.17, 15) is 9.59 Å². The molecule has 1 rings (SSSR count). The summed E-state index contributed by atoms with van der Waals surface area (Å²) in [5, 5.41) is 0. The summed E-state index contributed by atoms with van der Waals surface area (Å²) in [6, 6.07) is 6.35. The van der Waals surface area contributed by atoms with Crippen LogP contribution < -0.4 is 0 Å². The quantitative estimate of drug-likeness (QED) is 0.741. The van der Waals surface area contributed by atoms with Crippen molar-refractivity contribution in [3.63, 3.8) is 0 Å². The number of carbonyl (C=O) groups excluding carboxylic acids is 2. The maximum Gasteiger partial charge on any atom is 0.338 e. The molecule has 0 bridgehead atoms. The van der Waals surface area contributed by atoms with Crippen LogP contribution in [-0.4, -0.2) is 25.7 Å². The van der Waals surface area contributed by atoms with Gasteiger partial charge in [-0.15, -0.1) is 0 Å². The summed E-state index contributed by atoms with van der Waals surface area (Å²) < 4.78 is 9.83. The summed E-state index contributed by atoms with van der Waals surface area (Å²) in [4.78, 5) is 23.2. The number of esters is 2. The Hall–Kier alpha value is -1.84. The molecule has 0 saturated carbocycles. The second-order valence-electron chi connectivity index (χ2n) is 4.56. The van der Waals surface area contributed by atoms with Gasteiger partial charge in [0, 0.05) is 0 Å². The average Bonchev–Trinajstić information content (AvgIpc) is 2.44. The average molecular weight is 264 g/mol.